The van der Waals surface area contributed by atoms with E-state index < -0.39 is 0 Å². The van der Waals surface area contributed by atoms with Crippen LogP contribution in [0.15, 0.2) is 243 Å². The van der Waals surface area contributed by atoms with E-state index in [-0.39, 0.29) is 0 Å². The molecule has 0 N–H and O–H groups in total. The van der Waals surface area contributed by atoms with Crippen LogP contribution >= 0.6 is 0 Å². The zero-order chi connectivity index (χ0) is 49.0. The first-order chi connectivity index (χ1) is 36.7. The molecule has 4 aromatic heterocycles. The fourth-order valence-electron chi connectivity index (χ4n) is 12.3. The molecular formula is C68H40N6. The Hall–Kier alpha value is -10.4. The molecule has 0 unspecified atom stereocenters. The van der Waals surface area contributed by atoms with Crippen molar-refractivity contribution in [1.29, 1.82) is 10.5 Å². The van der Waals surface area contributed by atoms with Crippen LogP contribution in [0.1, 0.15) is 11.1 Å². The number of para-hydroxylation sites is 8. The van der Waals surface area contributed by atoms with Crippen LogP contribution in [0.25, 0.3) is 132 Å². The van der Waals surface area contributed by atoms with E-state index in [1.807, 2.05) is 0 Å². The number of hydrogen-bond donors (Lipinski definition) is 0. The average molecular weight is 941 g/mol. The molecule has 0 saturated heterocycles. The van der Waals surface area contributed by atoms with Gasteiger partial charge in [0, 0.05) is 65.6 Å². The van der Waals surface area contributed by atoms with Gasteiger partial charge in [-0.3, -0.25) is 0 Å². The van der Waals surface area contributed by atoms with Gasteiger partial charge in [-0.25, -0.2) is 0 Å². The SMILES string of the molecule is N#Cc1c(C#N)c(-c2cccc(-n3c4ccccc4c4ccccc43)c2)c(-n2c3ccccc3c3ccccc32)c(-n2c3ccccc3c3ccccc32)c1-c1cccc(-n2c3ccccc3c3ccccc32)c1. The summed E-state index contributed by atoms with van der Waals surface area (Å²) in [4.78, 5) is 0. The normalized spacial score (nSPS) is 11.8. The van der Waals surface area contributed by atoms with Crippen LogP contribution in [-0.2, 0) is 0 Å². The van der Waals surface area contributed by atoms with Crippen LogP contribution in [0.3, 0.4) is 0 Å². The van der Waals surface area contributed by atoms with Gasteiger partial charge in [0.25, 0.3) is 0 Å². The maximum atomic E-state index is 12.0. The minimum absolute atomic E-state index is 0.297. The Balaban J connectivity index is 1.16. The first kappa shape index (κ1) is 41.4. The van der Waals surface area contributed by atoms with Gasteiger partial charge in [0.15, 0.2) is 0 Å². The summed E-state index contributed by atoms with van der Waals surface area (Å²) in [6.07, 6.45) is 0. The lowest BCUT2D eigenvalue weighted by Crippen LogP contribution is -2.12. The van der Waals surface area contributed by atoms with E-state index in [1.54, 1.807) is 0 Å². The number of hydrogen-bond acceptors (Lipinski definition) is 2. The van der Waals surface area contributed by atoms with E-state index in [4.69, 9.17) is 0 Å². The van der Waals surface area contributed by atoms with Crippen LogP contribution in [0, 0.1) is 22.7 Å². The van der Waals surface area contributed by atoms with Crippen molar-refractivity contribution in [1.82, 2.24) is 18.3 Å². The number of nitrogens with zero attached hydrogens (tertiary/aromatic N) is 6. The van der Waals surface area contributed by atoms with Gasteiger partial charge in [0.05, 0.1) is 66.6 Å². The lowest BCUT2D eigenvalue weighted by atomic mass is 9.86. The van der Waals surface area contributed by atoms with Gasteiger partial charge in [0.1, 0.15) is 12.1 Å². The van der Waals surface area contributed by atoms with Crippen molar-refractivity contribution in [3.05, 3.63) is 254 Å². The third-order valence-electron chi connectivity index (χ3n) is 15.2. The van der Waals surface area contributed by atoms with E-state index in [2.05, 4.69) is 273 Å². The van der Waals surface area contributed by atoms with Crippen molar-refractivity contribution < 1.29 is 0 Å². The molecule has 342 valence electrons. The molecule has 0 spiro atoms. The van der Waals surface area contributed by atoms with Crippen LogP contribution in [0.2, 0.25) is 0 Å². The first-order valence-electron chi connectivity index (χ1n) is 24.9. The largest absolute Gasteiger partial charge is 0.309 e. The Morgan fingerprint density at radius 3 is 0.716 bits per heavy atom. The van der Waals surface area contributed by atoms with Crippen LogP contribution in [0.4, 0.5) is 0 Å². The van der Waals surface area contributed by atoms with Gasteiger partial charge < -0.3 is 18.3 Å². The zero-order valence-electron chi connectivity index (χ0n) is 39.8. The van der Waals surface area contributed by atoms with Crippen molar-refractivity contribution in [2.75, 3.05) is 0 Å². The Labute approximate surface area is 424 Å². The summed E-state index contributed by atoms with van der Waals surface area (Å²) in [6, 6.07) is 90.7. The predicted molar refractivity (Wildman–Crippen MR) is 304 cm³/mol. The van der Waals surface area contributed by atoms with Gasteiger partial charge >= 0.3 is 0 Å². The molecule has 15 rings (SSSR count). The van der Waals surface area contributed by atoms with E-state index in [9.17, 15) is 10.5 Å². The summed E-state index contributed by atoms with van der Waals surface area (Å²) in [5.74, 6) is 0. The first-order valence-corrected chi connectivity index (χ1v) is 24.9. The number of rotatable bonds is 6. The molecule has 74 heavy (non-hydrogen) atoms. The summed E-state index contributed by atoms with van der Waals surface area (Å²) in [5, 5.41) is 33.0. The topological polar surface area (TPSA) is 67.3 Å². The number of benzene rings is 11. The molecule has 0 aliphatic rings. The molecule has 0 aliphatic carbocycles. The third kappa shape index (κ3) is 5.79. The third-order valence-corrected chi connectivity index (χ3v) is 15.2. The Morgan fingerprint density at radius 2 is 0.473 bits per heavy atom. The van der Waals surface area contributed by atoms with E-state index in [0.717, 1.165) is 121 Å². The standard InChI is InChI=1S/C68H40N6/c69-41-55-56(42-70)66(44-20-18-22-46(40-44)72-59-33-11-3-25-49(59)50-26-4-12-34-60(50)72)68(74-63-37-15-7-29-53(63)54-30-8-16-38-64(54)74)67(73-61-35-13-5-27-51(61)52-28-6-14-36-62(52)73)65(55)43-19-17-21-45(39-43)71-57-31-9-1-23-47(57)48-24-2-10-32-58(48)71/h1-40H. The highest BCUT2D eigenvalue weighted by molar-refractivity contribution is 6.15. The monoisotopic (exact) mass is 940 g/mol. The molecule has 0 bridgehead atoms. The molecule has 0 atom stereocenters. The van der Waals surface area contributed by atoms with Gasteiger partial charge in [-0.15, -0.1) is 0 Å². The minimum atomic E-state index is 0.297. The molecule has 0 fully saturated rings. The maximum absolute atomic E-state index is 12.0. The molecular weight excluding hydrogens is 901 g/mol. The van der Waals surface area contributed by atoms with Crippen molar-refractivity contribution in [3.63, 3.8) is 0 Å². The van der Waals surface area contributed by atoms with Gasteiger partial charge in [-0.2, -0.15) is 10.5 Å². The predicted octanol–water partition coefficient (Wildman–Crippen LogP) is 17.2. The second kappa shape index (κ2) is 16.1. The molecule has 0 radical (unpaired) electrons. The average Bonchev–Trinajstić information content (AvgIpc) is 4.20. The van der Waals surface area contributed by atoms with Crippen molar-refractivity contribution >= 4 is 87.2 Å². The van der Waals surface area contributed by atoms with Crippen molar-refractivity contribution in [2.45, 2.75) is 0 Å². The number of nitriles is 2. The van der Waals surface area contributed by atoms with E-state index in [0.29, 0.717) is 22.3 Å². The van der Waals surface area contributed by atoms with Gasteiger partial charge in [0.2, 0.25) is 0 Å². The lowest BCUT2D eigenvalue weighted by molar-refractivity contribution is 1.09. The van der Waals surface area contributed by atoms with Crippen molar-refractivity contribution in [3.8, 4) is 57.1 Å². The molecule has 0 amide bonds. The lowest BCUT2D eigenvalue weighted by Gasteiger charge is -2.26. The molecule has 4 heterocycles. The van der Waals surface area contributed by atoms with E-state index in [1.165, 1.54) is 0 Å². The summed E-state index contributed by atoms with van der Waals surface area (Å²) < 4.78 is 9.34. The number of fused-ring (bicyclic) bond motifs is 12. The molecule has 0 saturated carbocycles. The fourth-order valence-corrected chi connectivity index (χ4v) is 12.3. The highest BCUT2D eigenvalue weighted by atomic mass is 15.1. The minimum Gasteiger partial charge on any atom is -0.309 e. The van der Waals surface area contributed by atoms with Crippen LogP contribution < -0.4 is 0 Å². The smallest absolute Gasteiger partial charge is 0.101 e. The summed E-state index contributed by atoms with van der Waals surface area (Å²) in [5.41, 5.74) is 15.2. The highest BCUT2D eigenvalue weighted by Gasteiger charge is 2.32. The highest BCUT2D eigenvalue weighted by Crippen LogP contribution is 2.50. The van der Waals surface area contributed by atoms with Gasteiger partial charge in [-0.05, 0) is 83.9 Å². The summed E-state index contributed by atoms with van der Waals surface area (Å²) in [6.45, 7) is 0. The maximum Gasteiger partial charge on any atom is 0.101 e. The van der Waals surface area contributed by atoms with Crippen LogP contribution in [0.5, 0.6) is 0 Å². The Bertz CT molecular complexity index is 4420. The number of aromatic nitrogens is 4. The Morgan fingerprint density at radius 1 is 0.243 bits per heavy atom. The molecule has 6 nitrogen and oxygen atoms in total. The second-order valence-electron chi connectivity index (χ2n) is 19.0. The van der Waals surface area contributed by atoms with Gasteiger partial charge in [-0.1, -0.05) is 170 Å². The summed E-state index contributed by atoms with van der Waals surface area (Å²) in [7, 11) is 0. The van der Waals surface area contributed by atoms with Crippen LogP contribution in [-0.4, -0.2) is 18.3 Å². The second-order valence-corrected chi connectivity index (χ2v) is 19.0. The quantitative estimate of drug-likeness (QED) is 0.167. The fraction of sp³-hybridized carbons (Fsp3) is 0. The molecule has 6 heteroatoms. The Kier molecular flexibility index (Phi) is 8.99. The zero-order valence-corrected chi connectivity index (χ0v) is 39.8. The molecule has 0 aliphatic heterocycles. The summed E-state index contributed by atoms with van der Waals surface area (Å²) >= 11 is 0. The van der Waals surface area contributed by atoms with E-state index >= 15 is 0 Å². The molecule has 11 aromatic carbocycles. The van der Waals surface area contributed by atoms with Crippen molar-refractivity contribution in [2.24, 2.45) is 0 Å². The molecule has 15 aromatic rings.